The van der Waals surface area contributed by atoms with Gasteiger partial charge < -0.3 is 46.7 Å². The van der Waals surface area contributed by atoms with E-state index in [9.17, 15) is 33.6 Å². The van der Waals surface area contributed by atoms with Crippen molar-refractivity contribution in [2.45, 2.75) is 116 Å². The van der Waals surface area contributed by atoms with Crippen LogP contribution >= 0.6 is 12.2 Å². The van der Waals surface area contributed by atoms with Gasteiger partial charge in [0.2, 0.25) is 29.5 Å². The van der Waals surface area contributed by atoms with Crippen molar-refractivity contribution < 1.29 is 43.0 Å². The SMILES string of the molecule is COC(=O)C(C)(C)NC(=S)CNC(=O)C(C)(C)NC(=O)C(C)(C)NC(=O)C(C)(C)NC(=O)C(C)(C)NC(=O)[C@H](Cc1ccccc1)NC(=O)OCc1ccccc1. The number of carbonyl (C=O) groups is 7. The molecule has 0 heterocycles. The van der Waals surface area contributed by atoms with Gasteiger partial charge in [-0.3, -0.25) is 24.0 Å². The summed E-state index contributed by atoms with van der Waals surface area (Å²) in [4.78, 5) is 92.1. The van der Waals surface area contributed by atoms with Gasteiger partial charge >= 0.3 is 12.1 Å². The third-order valence-electron chi connectivity index (χ3n) is 8.65. The first-order valence-corrected chi connectivity index (χ1v) is 18.6. The standard InChI is InChI=1S/C40H57N7O9S/c1-36(2,30(49)41-23-28(57)43-40(9,10)34(53)55-11)45-32(51)38(5,6)47-33(52)39(7,8)46-31(50)37(3,4)44-29(48)27(22-25-18-14-12-15-19-25)42-35(54)56-24-26-20-16-13-17-21-26/h12-21,27H,22-24H2,1-11H3,(H,41,49)(H,42,54)(H,43,57)(H,44,48)(H,45,51)(H,46,50)(H,47,52)/t27-/m0/s1. The Bertz CT molecular complexity index is 1800. The Balaban J connectivity index is 2.05. The summed E-state index contributed by atoms with van der Waals surface area (Å²) in [5.41, 5.74) is -5.87. The third kappa shape index (κ3) is 14.8. The number of hydrogen-bond donors (Lipinski definition) is 7. The summed E-state index contributed by atoms with van der Waals surface area (Å²) in [5, 5.41) is 18.6. The molecule has 17 heteroatoms. The zero-order valence-corrected chi connectivity index (χ0v) is 35.4. The van der Waals surface area contributed by atoms with Gasteiger partial charge in [0.25, 0.3) is 0 Å². The Kier molecular flexibility index (Phi) is 16.3. The van der Waals surface area contributed by atoms with Crippen molar-refractivity contribution in [1.29, 1.82) is 0 Å². The van der Waals surface area contributed by atoms with Crippen molar-refractivity contribution >= 4 is 58.8 Å². The highest BCUT2D eigenvalue weighted by Crippen LogP contribution is 2.15. The molecule has 0 aliphatic carbocycles. The Labute approximate surface area is 339 Å². The summed E-state index contributed by atoms with van der Waals surface area (Å²) >= 11 is 5.25. The Morgan fingerprint density at radius 1 is 0.579 bits per heavy atom. The lowest BCUT2D eigenvalue weighted by molar-refractivity contribution is -0.146. The minimum absolute atomic E-state index is 0.0183. The van der Waals surface area contributed by atoms with E-state index in [1.54, 1.807) is 62.4 Å². The number of methoxy groups -OCH3 is 1. The molecule has 2 aromatic carbocycles. The maximum absolute atomic E-state index is 13.6. The van der Waals surface area contributed by atoms with Crippen molar-refractivity contribution in [3.05, 3.63) is 71.8 Å². The molecule has 0 aromatic heterocycles. The van der Waals surface area contributed by atoms with Gasteiger partial charge in [0, 0.05) is 6.42 Å². The van der Waals surface area contributed by atoms with Crippen LogP contribution in [0.25, 0.3) is 0 Å². The maximum Gasteiger partial charge on any atom is 0.408 e. The molecule has 2 rings (SSSR count). The van der Waals surface area contributed by atoms with Crippen LogP contribution in [0, 0.1) is 0 Å². The molecular weight excluding hydrogens is 755 g/mol. The lowest BCUT2D eigenvalue weighted by Gasteiger charge is -2.36. The number of esters is 1. The minimum Gasteiger partial charge on any atom is -0.467 e. The summed E-state index contributed by atoms with van der Waals surface area (Å²) < 4.78 is 10.1. The van der Waals surface area contributed by atoms with Gasteiger partial charge in [0.15, 0.2) is 0 Å². The van der Waals surface area contributed by atoms with Gasteiger partial charge in [0.05, 0.1) is 18.6 Å². The Morgan fingerprint density at radius 3 is 1.46 bits per heavy atom. The highest BCUT2D eigenvalue weighted by molar-refractivity contribution is 7.80. The first-order valence-electron chi connectivity index (χ1n) is 18.2. The smallest absolute Gasteiger partial charge is 0.408 e. The van der Waals surface area contributed by atoms with Crippen LogP contribution in [0.4, 0.5) is 4.79 Å². The van der Waals surface area contributed by atoms with E-state index in [4.69, 9.17) is 21.7 Å². The van der Waals surface area contributed by atoms with Gasteiger partial charge in [-0.25, -0.2) is 9.59 Å². The normalized spacial score (nSPS) is 12.5. The summed E-state index contributed by atoms with van der Waals surface area (Å²) in [6.45, 7) is 14.5. The minimum atomic E-state index is -1.60. The van der Waals surface area contributed by atoms with Crippen LogP contribution in [0.3, 0.4) is 0 Å². The summed E-state index contributed by atoms with van der Waals surface area (Å²) in [5.74, 6) is -4.01. The quantitative estimate of drug-likeness (QED) is 0.0854. The first kappa shape index (κ1) is 47.6. The lowest BCUT2D eigenvalue weighted by Crippen LogP contribution is -2.68. The molecule has 1 atom stereocenters. The topological polar surface area (TPSA) is 222 Å². The molecule has 0 bridgehead atoms. The fourth-order valence-electron chi connectivity index (χ4n) is 4.99. The van der Waals surface area contributed by atoms with E-state index in [0.29, 0.717) is 0 Å². The number of hydrogen-bond acceptors (Lipinski definition) is 10. The van der Waals surface area contributed by atoms with Crippen molar-refractivity contribution in [2.75, 3.05) is 13.7 Å². The molecule has 16 nitrogen and oxygen atoms in total. The fraction of sp³-hybridized carbons (Fsp3) is 0.500. The van der Waals surface area contributed by atoms with E-state index in [2.05, 4.69) is 37.2 Å². The summed E-state index contributed by atoms with van der Waals surface area (Å²) in [7, 11) is 1.24. The Hall–Kier alpha value is -5.58. The fourth-order valence-corrected chi connectivity index (χ4v) is 5.32. The van der Waals surface area contributed by atoms with Gasteiger partial charge in [-0.05, 0) is 80.4 Å². The predicted octanol–water partition coefficient (Wildman–Crippen LogP) is 2.09. The monoisotopic (exact) mass is 811 g/mol. The molecule has 312 valence electrons. The van der Waals surface area contributed by atoms with Crippen LogP contribution < -0.4 is 37.2 Å². The molecule has 7 N–H and O–H groups in total. The second-order valence-electron chi connectivity index (χ2n) is 16.1. The lowest BCUT2D eigenvalue weighted by atomic mass is 9.95. The van der Waals surface area contributed by atoms with E-state index in [1.807, 2.05) is 12.1 Å². The number of amides is 6. The molecule has 6 amide bonds. The largest absolute Gasteiger partial charge is 0.467 e. The molecule has 57 heavy (non-hydrogen) atoms. The molecule has 0 aliphatic rings. The summed E-state index contributed by atoms with van der Waals surface area (Å²) in [6, 6.07) is 16.9. The van der Waals surface area contributed by atoms with Crippen molar-refractivity contribution in [3.8, 4) is 0 Å². The first-order chi connectivity index (χ1) is 26.2. The van der Waals surface area contributed by atoms with Crippen LogP contribution in [0.1, 0.15) is 80.4 Å². The van der Waals surface area contributed by atoms with Gasteiger partial charge in [-0.2, -0.15) is 0 Å². The maximum atomic E-state index is 13.6. The molecule has 0 fully saturated rings. The molecule has 2 aromatic rings. The molecule has 0 saturated carbocycles. The number of ether oxygens (including phenoxy) is 2. The molecule has 0 aliphatic heterocycles. The van der Waals surface area contributed by atoms with Gasteiger partial charge in [0.1, 0.15) is 40.3 Å². The van der Waals surface area contributed by atoms with E-state index < -0.39 is 75.3 Å². The van der Waals surface area contributed by atoms with Gasteiger partial charge in [-0.15, -0.1) is 0 Å². The van der Waals surface area contributed by atoms with E-state index in [1.165, 1.54) is 62.5 Å². The zero-order chi connectivity index (χ0) is 43.4. The number of thiocarbonyl (C=S) groups is 1. The number of alkyl carbamates (subject to hydrolysis) is 1. The van der Waals surface area contributed by atoms with Crippen molar-refractivity contribution in [3.63, 3.8) is 0 Å². The third-order valence-corrected chi connectivity index (χ3v) is 8.89. The molecule has 0 saturated heterocycles. The highest BCUT2D eigenvalue weighted by atomic mass is 32.1. The number of benzene rings is 2. The van der Waals surface area contributed by atoms with Crippen molar-refractivity contribution in [1.82, 2.24) is 37.2 Å². The highest BCUT2D eigenvalue weighted by Gasteiger charge is 2.42. The Morgan fingerprint density at radius 2 is 1.00 bits per heavy atom. The number of nitrogens with one attached hydrogen (secondary N) is 7. The zero-order valence-electron chi connectivity index (χ0n) is 34.6. The second kappa shape index (κ2) is 19.5. The average molecular weight is 812 g/mol. The number of rotatable bonds is 18. The van der Waals surface area contributed by atoms with Crippen LogP contribution in [-0.2, 0) is 51.3 Å². The van der Waals surface area contributed by atoms with Crippen LogP contribution in [0.2, 0.25) is 0 Å². The van der Waals surface area contributed by atoms with Gasteiger partial charge in [-0.1, -0.05) is 72.9 Å². The number of carbonyl (C=O) groups excluding carboxylic acids is 7. The molecule has 0 unspecified atom stereocenters. The van der Waals surface area contributed by atoms with Crippen molar-refractivity contribution in [2.24, 2.45) is 0 Å². The van der Waals surface area contributed by atoms with E-state index >= 15 is 0 Å². The summed E-state index contributed by atoms with van der Waals surface area (Å²) in [6.07, 6.45) is -0.738. The van der Waals surface area contributed by atoms with Crippen LogP contribution in [-0.4, -0.2) is 94.0 Å². The molecular formula is C40H57N7O9S. The van der Waals surface area contributed by atoms with Crippen LogP contribution in [0.5, 0.6) is 0 Å². The predicted molar refractivity (Wildman–Crippen MR) is 217 cm³/mol. The van der Waals surface area contributed by atoms with E-state index in [0.717, 1.165) is 11.1 Å². The van der Waals surface area contributed by atoms with E-state index in [-0.39, 0.29) is 24.6 Å². The molecule has 0 spiro atoms. The second-order valence-corrected chi connectivity index (χ2v) is 16.6. The average Bonchev–Trinajstić information content (AvgIpc) is 3.12. The molecule has 0 radical (unpaired) electrons. The van der Waals surface area contributed by atoms with Crippen LogP contribution in [0.15, 0.2) is 60.7 Å².